The molecular formula is C14H16N6O. The van der Waals surface area contributed by atoms with Crippen LogP contribution in [0.4, 0.5) is 5.82 Å². The lowest BCUT2D eigenvalue weighted by Crippen LogP contribution is -2.46. The summed E-state index contributed by atoms with van der Waals surface area (Å²) in [4.78, 5) is 13.0. The second-order valence-electron chi connectivity index (χ2n) is 4.99. The van der Waals surface area contributed by atoms with Gasteiger partial charge in [-0.3, -0.25) is 4.90 Å². The summed E-state index contributed by atoms with van der Waals surface area (Å²) in [5.74, 6) is 2.19. The Morgan fingerprint density at radius 2 is 2.05 bits per heavy atom. The fraction of sp³-hybridized carbons (Fsp3) is 0.429. The molecule has 0 N–H and O–H groups in total. The van der Waals surface area contributed by atoms with Crippen molar-refractivity contribution in [3.05, 3.63) is 35.6 Å². The Hall–Kier alpha value is -2.46. The van der Waals surface area contributed by atoms with Crippen LogP contribution >= 0.6 is 0 Å². The standard InChI is InChI=1S/C14H16N6O/c1-11-16-13(18-21-11)10-19-5-7-20(8-6-19)14-4-2-3-12(9-15)17-14/h2-4H,5-8,10H2,1H3. The van der Waals surface area contributed by atoms with E-state index >= 15 is 0 Å². The van der Waals surface area contributed by atoms with Crippen LogP contribution in [0.25, 0.3) is 0 Å². The van der Waals surface area contributed by atoms with Gasteiger partial charge in [-0.05, 0) is 12.1 Å². The largest absolute Gasteiger partial charge is 0.354 e. The molecule has 0 radical (unpaired) electrons. The molecule has 2 aromatic rings. The molecule has 1 aliphatic rings. The Morgan fingerprint density at radius 1 is 1.24 bits per heavy atom. The third-order valence-electron chi connectivity index (χ3n) is 3.48. The van der Waals surface area contributed by atoms with E-state index in [1.165, 1.54) is 0 Å². The molecule has 1 aliphatic heterocycles. The summed E-state index contributed by atoms with van der Waals surface area (Å²) in [5.41, 5.74) is 0.456. The highest BCUT2D eigenvalue weighted by atomic mass is 16.5. The zero-order chi connectivity index (χ0) is 14.7. The molecule has 21 heavy (non-hydrogen) atoms. The summed E-state index contributed by atoms with van der Waals surface area (Å²) < 4.78 is 4.98. The van der Waals surface area contributed by atoms with E-state index in [0.29, 0.717) is 18.1 Å². The molecule has 0 saturated carbocycles. The van der Waals surface area contributed by atoms with Crippen LogP contribution in [0, 0.1) is 18.3 Å². The molecule has 1 saturated heterocycles. The van der Waals surface area contributed by atoms with Crippen molar-refractivity contribution < 1.29 is 4.52 Å². The lowest BCUT2D eigenvalue weighted by Gasteiger charge is -2.34. The van der Waals surface area contributed by atoms with Crippen molar-refractivity contribution in [2.45, 2.75) is 13.5 Å². The molecule has 0 atom stereocenters. The normalized spacial score (nSPS) is 15.9. The summed E-state index contributed by atoms with van der Waals surface area (Å²) in [7, 11) is 0. The average Bonchev–Trinajstić information content (AvgIpc) is 2.93. The Kier molecular flexibility index (Phi) is 3.79. The minimum absolute atomic E-state index is 0.456. The summed E-state index contributed by atoms with van der Waals surface area (Å²) >= 11 is 0. The highest BCUT2D eigenvalue weighted by Gasteiger charge is 2.19. The molecular weight excluding hydrogens is 268 g/mol. The molecule has 7 heteroatoms. The van der Waals surface area contributed by atoms with Gasteiger partial charge in [0.1, 0.15) is 17.6 Å². The van der Waals surface area contributed by atoms with Gasteiger partial charge in [-0.15, -0.1) is 0 Å². The Bertz CT molecular complexity index is 653. The maximum absolute atomic E-state index is 8.91. The summed E-state index contributed by atoms with van der Waals surface area (Å²) in [6.07, 6.45) is 0. The van der Waals surface area contributed by atoms with Crippen LogP contribution in [0.2, 0.25) is 0 Å². The second-order valence-corrected chi connectivity index (χ2v) is 4.99. The van der Waals surface area contributed by atoms with E-state index in [2.05, 4.69) is 31.0 Å². The van der Waals surface area contributed by atoms with E-state index in [-0.39, 0.29) is 0 Å². The SMILES string of the molecule is Cc1nc(CN2CCN(c3cccc(C#N)n3)CC2)no1. The number of hydrogen-bond donors (Lipinski definition) is 0. The number of nitrogens with zero attached hydrogens (tertiary/aromatic N) is 6. The topological polar surface area (TPSA) is 82.1 Å². The molecule has 1 fully saturated rings. The van der Waals surface area contributed by atoms with Crippen molar-refractivity contribution in [2.75, 3.05) is 31.1 Å². The second kappa shape index (κ2) is 5.89. The van der Waals surface area contributed by atoms with Crippen molar-refractivity contribution in [3.63, 3.8) is 0 Å². The monoisotopic (exact) mass is 284 g/mol. The van der Waals surface area contributed by atoms with E-state index in [0.717, 1.165) is 37.8 Å². The molecule has 0 amide bonds. The highest BCUT2D eigenvalue weighted by Crippen LogP contribution is 2.15. The number of piperazine rings is 1. The molecule has 108 valence electrons. The first kappa shape index (κ1) is 13.5. The van der Waals surface area contributed by atoms with Crippen molar-refractivity contribution in [3.8, 4) is 6.07 Å². The summed E-state index contributed by atoms with van der Waals surface area (Å²) in [6, 6.07) is 7.61. The van der Waals surface area contributed by atoms with Crippen LogP contribution in [0.5, 0.6) is 0 Å². The van der Waals surface area contributed by atoms with E-state index < -0.39 is 0 Å². The molecule has 0 aliphatic carbocycles. The Morgan fingerprint density at radius 3 is 2.71 bits per heavy atom. The van der Waals surface area contributed by atoms with Crippen LogP contribution in [-0.4, -0.2) is 46.2 Å². The van der Waals surface area contributed by atoms with Crippen LogP contribution < -0.4 is 4.90 Å². The third-order valence-corrected chi connectivity index (χ3v) is 3.48. The smallest absolute Gasteiger partial charge is 0.223 e. The van der Waals surface area contributed by atoms with Gasteiger partial charge in [0.05, 0.1) is 6.54 Å². The molecule has 7 nitrogen and oxygen atoms in total. The number of hydrogen-bond acceptors (Lipinski definition) is 7. The maximum atomic E-state index is 8.91. The quantitative estimate of drug-likeness (QED) is 0.830. The van der Waals surface area contributed by atoms with Crippen LogP contribution in [0.3, 0.4) is 0 Å². The molecule has 3 heterocycles. The van der Waals surface area contributed by atoms with Crippen LogP contribution in [-0.2, 0) is 6.54 Å². The van der Waals surface area contributed by atoms with Gasteiger partial charge in [0, 0.05) is 33.1 Å². The maximum Gasteiger partial charge on any atom is 0.223 e. The molecule has 0 bridgehead atoms. The molecule has 0 aromatic carbocycles. The van der Waals surface area contributed by atoms with Gasteiger partial charge in [0.15, 0.2) is 5.82 Å². The number of rotatable bonds is 3. The summed E-state index contributed by atoms with van der Waals surface area (Å²) in [6.45, 7) is 6.06. The van der Waals surface area contributed by atoms with Gasteiger partial charge < -0.3 is 9.42 Å². The van der Waals surface area contributed by atoms with E-state index in [1.54, 1.807) is 13.0 Å². The molecule has 0 unspecified atom stereocenters. The van der Waals surface area contributed by atoms with Crippen molar-refractivity contribution in [1.82, 2.24) is 20.0 Å². The number of pyridine rings is 1. The number of anilines is 1. The average molecular weight is 284 g/mol. The van der Waals surface area contributed by atoms with E-state index in [1.807, 2.05) is 12.1 Å². The van der Waals surface area contributed by atoms with Gasteiger partial charge in [0.25, 0.3) is 0 Å². The fourth-order valence-corrected chi connectivity index (χ4v) is 2.40. The van der Waals surface area contributed by atoms with Crippen LogP contribution in [0.15, 0.2) is 22.7 Å². The van der Waals surface area contributed by atoms with Gasteiger partial charge in [-0.25, -0.2) is 4.98 Å². The van der Waals surface area contributed by atoms with Gasteiger partial charge in [0.2, 0.25) is 5.89 Å². The Labute approximate surface area is 122 Å². The van der Waals surface area contributed by atoms with Crippen molar-refractivity contribution in [1.29, 1.82) is 5.26 Å². The molecule has 2 aromatic heterocycles. The van der Waals surface area contributed by atoms with Crippen LogP contribution in [0.1, 0.15) is 17.4 Å². The Balaban J connectivity index is 1.58. The predicted octanol–water partition coefficient (Wildman–Crippen LogP) is 0.967. The van der Waals surface area contributed by atoms with E-state index in [4.69, 9.17) is 9.78 Å². The predicted molar refractivity (Wildman–Crippen MR) is 75.5 cm³/mol. The van der Waals surface area contributed by atoms with Gasteiger partial charge in [-0.2, -0.15) is 10.2 Å². The first-order valence-electron chi connectivity index (χ1n) is 6.88. The zero-order valence-electron chi connectivity index (χ0n) is 11.9. The minimum Gasteiger partial charge on any atom is -0.354 e. The number of aromatic nitrogens is 3. The fourth-order valence-electron chi connectivity index (χ4n) is 2.40. The van der Waals surface area contributed by atoms with Crippen molar-refractivity contribution >= 4 is 5.82 Å². The number of aryl methyl sites for hydroxylation is 1. The number of nitriles is 1. The lowest BCUT2D eigenvalue weighted by atomic mass is 10.3. The highest BCUT2D eigenvalue weighted by molar-refractivity contribution is 5.42. The molecule has 0 spiro atoms. The van der Waals surface area contributed by atoms with Gasteiger partial charge in [-0.1, -0.05) is 11.2 Å². The first-order chi connectivity index (χ1) is 10.2. The third kappa shape index (κ3) is 3.17. The van der Waals surface area contributed by atoms with Crippen molar-refractivity contribution in [2.24, 2.45) is 0 Å². The molecule has 3 rings (SSSR count). The minimum atomic E-state index is 0.456. The lowest BCUT2D eigenvalue weighted by molar-refractivity contribution is 0.239. The van der Waals surface area contributed by atoms with Gasteiger partial charge >= 0.3 is 0 Å². The van der Waals surface area contributed by atoms with E-state index in [9.17, 15) is 0 Å². The zero-order valence-corrected chi connectivity index (χ0v) is 11.9. The summed E-state index contributed by atoms with van der Waals surface area (Å²) in [5, 5.41) is 12.8. The first-order valence-corrected chi connectivity index (χ1v) is 6.88.